The fraction of sp³-hybridized carbons (Fsp3) is 0.235. The van der Waals surface area contributed by atoms with Crippen LogP contribution in [0.2, 0.25) is 0 Å². The summed E-state index contributed by atoms with van der Waals surface area (Å²) in [5.74, 6) is 0.654. The standard InChI is InChI=1S/C17H17F2NO3/c18-17(19)23-15-8-6-13(7-9-15)12-16(21)20-10-11-22-14-4-2-1-3-5-14/h1-9,17H,10-12H2,(H,20,21). The van der Waals surface area contributed by atoms with E-state index in [0.717, 1.165) is 5.75 Å². The van der Waals surface area contributed by atoms with E-state index in [-0.39, 0.29) is 18.1 Å². The maximum absolute atomic E-state index is 12.0. The molecule has 1 N–H and O–H groups in total. The van der Waals surface area contributed by atoms with Gasteiger partial charge in [-0.3, -0.25) is 4.79 Å². The van der Waals surface area contributed by atoms with E-state index < -0.39 is 6.61 Å². The first-order chi connectivity index (χ1) is 11.1. The number of halogens is 2. The van der Waals surface area contributed by atoms with Crippen molar-refractivity contribution in [3.05, 3.63) is 60.2 Å². The Balaban J connectivity index is 1.68. The molecule has 0 heterocycles. The average molecular weight is 321 g/mol. The van der Waals surface area contributed by atoms with Gasteiger partial charge in [0.15, 0.2) is 0 Å². The first-order valence-corrected chi connectivity index (χ1v) is 7.12. The van der Waals surface area contributed by atoms with Gasteiger partial charge in [0.25, 0.3) is 0 Å². The minimum absolute atomic E-state index is 0.0698. The van der Waals surface area contributed by atoms with E-state index in [4.69, 9.17) is 4.74 Å². The molecule has 122 valence electrons. The minimum atomic E-state index is -2.85. The van der Waals surface area contributed by atoms with E-state index in [1.165, 1.54) is 12.1 Å². The number of nitrogens with one attached hydrogen (secondary N) is 1. The Labute approximate surface area is 133 Å². The van der Waals surface area contributed by atoms with Crippen molar-refractivity contribution < 1.29 is 23.0 Å². The Morgan fingerprint density at radius 1 is 1.00 bits per heavy atom. The molecule has 0 aliphatic rings. The zero-order valence-electron chi connectivity index (χ0n) is 12.4. The Morgan fingerprint density at radius 2 is 1.70 bits per heavy atom. The van der Waals surface area contributed by atoms with E-state index in [1.54, 1.807) is 12.1 Å². The molecule has 0 saturated carbocycles. The zero-order chi connectivity index (χ0) is 16.5. The normalized spacial score (nSPS) is 10.4. The van der Waals surface area contributed by atoms with Crippen LogP contribution in [-0.2, 0) is 11.2 Å². The topological polar surface area (TPSA) is 47.6 Å². The monoisotopic (exact) mass is 321 g/mol. The van der Waals surface area contributed by atoms with Crippen molar-refractivity contribution in [2.24, 2.45) is 0 Å². The number of ether oxygens (including phenoxy) is 2. The van der Waals surface area contributed by atoms with Gasteiger partial charge in [-0.1, -0.05) is 30.3 Å². The summed E-state index contributed by atoms with van der Waals surface area (Å²) in [6.07, 6.45) is 0.167. The van der Waals surface area contributed by atoms with E-state index >= 15 is 0 Å². The van der Waals surface area contributed by atoms with Crippen LogP contribution in [0.3, 0.4) is 0 Å². The van der Waals surface area contributed by atoms with Crippen molar-refractivity contribution >= 4 is 5.91 Å². The molecule has 0 aliphatic carbocycles. The van der Waals surface area contributed by atoms with Gasteiger partial charge in [-0.25, -0.2) is 0 Å². The SMILES string of the molecule is O=C(Cc1ccc(OC(F)F)cc1)NCCOc1ccccc1. The molecule has 0 saturated heterocycles. The number of benzene rings is 2. The first kappa shape index (κ1) is 16.7. The second-order valence-electron chi connectivity index (χ2n) is 4.71. The number of carbonyl (C=O) groups is 1. The second kappa shape index (κ2) is 8.73. The smallest absolute Gasteiger partial charge is 0.387 e. The van der Waals surface area contributed by atoms with Crippen molar-refractivity contribution in [1.82, 2.24) is 5.32 Å². The Morgan fingerprint density at radius 3 is 2.35 bits per heavy atom. The summed E-state index contributed by atoms with van der Waals surface area (Å²) in [5.41, 5.74) is 0.716. The number of rotatable bonds is 8. The van der Waals surface area contributed by atoms with Crippen LogP contribution in [-0.4, -0.2) is 25.7 Å². The number of carbonyl (C=O) groups excluding carboxylic acids is 1. The van der Waals surface area contributed by atoms with Gasteiger partial charge >= 0.3 is 6.61 Å². The molecule has 0 aromatic heterocycles. The molecule has 2 aromatic rings. The van der Waals surface area contributed by atoms with Crippen LogP contribution >= 0.6 is 0 Å². The second-order valence-corrected chi connectivity index (χ2v) is 4.71. The zero-order valence-corrected chi connectivity index (χ0v) is 12.4. The fourth-order valence-corrected chi connectivity index (χ4v) is 1.91. The first-order valence-electron chi connectivity index (χ1n) is 7.12. The molecule has 23 heavy (non-hydrogen) atoms. The predicted molar refractivity (Wildman–Crippen MR) is 81.7 cm³/mol. The maximum atomic E-state index is 12.0. The maximum Gasteiger partial charge on any atom is 0.387 e. The molecule has 0 unspecified atom stereocenters. The molecule has 0 bridgehead atoms. The van der Waals surface area contributed by atoms with Gasteiger partial charge in [-0.15, -0.1) is 0 Å². The third kappa shape index (κ3) is 6.34. The molecule has 0 fully saturated rings. The molecule has 0 spiro atoms. The highest BCUT2D eigenvalue weighted by Gasteiger charge is 2.06. The lowest BCUT2D eigenvalue weighted by Gasteiger charge is -2.08. The van der Waals surface area contributed by atoms with Crippen molar-refractivity contribution in [2.75, 3.05) is 13.2 Å². The molecule has 4 nitrogen and oxygen atoms in total. The molecular weight excluding hydrogens is 304 g/mol. The number of hydrogen-bond donors (Lipinski definition) is 1. The van der Waals surface area contributed by atoms with Crippen molar-refractivity contribution in [3.8, 4) is 11.5 Å². The Bertz CT molecular complexity index is 603. The molecule has 2 rings (SSSR count). The third-order valence-electron chi connectivity index (χ3n) is 2.95. The fourth-order valence-electron chi connectivity index (χ4n) is 1.91. The summed E-state index contributed by atoms with van der Waals surface area (Å²) in [5, 5.41) is 2.73. The van der Waals surface area contributed by atoms with Gasteiger partial charge in [-0.05, 0) is 29.8 Å². The van der Waals surface area contributed by atoms with Crippen LogP contribution in [0.25, 0.3) is 0 Å². The van der Waals surface area contributed by atoms with Gasteiger partial charge in [0.05, 0.1) is 13.0 Å². The largest absolute Gasteiger partial charge is 0.492 e. The summed E-state index contributed by atoms with van der Waals surface area (Å²) in [7, 11) is 0. The van der Waals surface area contributed by atoms with Gasteiger partial charge < -0.3 is 14.8 Å². The summed E-state index contributed by atoms with van der Waals surface area (Å²) in [6, 6.07) is 15.3. The van der Waals surface area contributed by atoms with Crippen LogP contribution in [0.1, 0.15) is 5.56 Å². The van der Waals surface area contributed by atoms with Crippen LogP contribution in [0, 0.1) is 0 Å². The lowest BCUT2D eigenvalue weighted by atomic mass is 10.1. The lowest BCUT2D eigenvalue weighted by Crippen LogP contribution is -2.29. The van der Waals surface area contributed by atoms with Gasteiger partial charge in [0.2, 0.25) is 5.91 Å². The van der Waals surface area contributed by atoms with Crippen LogP contribution < -0.4 is 14.8 Å². The van der Waals surface area contributed by atoms with Crippen LogP contribution in [0.4, 0.5) is 8.78 Å². The van der Waals surface area contributed by atoms with Gasteiger partial charge in [0.1, 0.15) is 18.1 Å². The van der Waals surface area contributed by atoms with Crippen molar-refractivity contribution in [2.45, 2.75) is 13.0 Å². The highest BCUT2D eigenvalue weighted by atomic mass is 19.3. The number of alkyl halides is 2. The van der Waals surface area contributed by atoms with Crippen LogP contribution in [0.15, 0.2) is 54.6 Å². The summed E-state index contributed by atoms with van der Waals surface area (Å²) >= 11 is 0. The van der Waals surface area contributed by atoms with E-state index in [9.17, 15) is 13.6 Å². The molecule has 6 heteroatoms. The third-order valence-corrected chi connectivity index (χ3v) is 2.95. The molecule has 0 radical (unpaired) electrons. The highest BCUT2D eigenvalue weighted by molar-refractivity contribution is 5.78. The number of hydrogen-bond acceptors (Lipinski definition) is 3. The Kier molecular flexibility index (Phi) is 6.35. The molecule has 0 aliphatic heterocycles. The van der Waals surface area contributed by atoms with E-state index in [2.05, 4.69) is 10.1 Å². The van der Waals surface area contributed by atoms with E-state index in [1.807, 2.05) is 30.3 Å². The minimum Gasteiger partial charge on any atom is -0.492 e. The lowest BCUT2D eigenvalue weighted by molar-refractivity contribution is -0.120. The molecule has 2 aromatic carbocycles. The van der Waals surface area contributed by atoms with Crippen molar-refractivity contribution in [3.63, 3.8) is 0 Å². The quantitative estimate of drug-likeness (QED) is 0.760. The summed E-state index contributed by atoms with van der Waals surface area (Å²) in [4.78, 5) is 11.8. The molecule has 0 atom stereocenters. The molecular formula is C17H17F2NO3. The predicted octanol–water partition coefficient (Wildman–Crippen LogP) is 3.03. The van der Waals surface area contributed by atoms with Gasteiger partial charge in [0, 0.05) is 0 Å². The van der Waals surface area contributed by atoms with Gasteiger partial charge in [-0.2, -0.15) is 8.78 Å². The Hall–Kier alpha value is -2.63. The van der Waals surface area contributed by atoms with Crippen molar-refractivity contribution in [1.29, 1.82) is 0 Å². The summed E-state index contributed by atoms with van der Waals surface area (Å²) in [6.45, 7) is -2.09. The average Bonchev–Trinajstić information content (AvgIpc) is 2.54. The number of amides is 1. The van der Waals surface area contributed by atoms with E-state index in [0.29, 0.717) is 18.7 Å². The summed E-state index contributed by atoms with van der Waals surface area (Å²) < 4.78 is 33.8. The highest BCUT2D eigenvalue weighted by Crippen LogP contribution is 2.15. The van der Waals surface area contributed by atoms with Crippen LogP contribution in [0.5, 0.6) is 11.5 Å². The molecule has 1 amide bonds. The number of para-hydroxylation sites is 1.